The van der Waals surface area contributed by atoms with Crippen LogP contribution in [0, 0.1) is 13.8 Å². The number of nitrogens with one attached hydrogen (secondary N) is 3. The highest BCUT2D eigenvalue weighted by Crippen LogP contribution is 2.23. The molecule has 13 nitrogen and oxygen atoms in total. The van der Waals surface area contributed by atoms with Crippen LogP contribution in [0.25, 0.3) is 0 Å². The summed E-state index contributed by atoms with van der Waals surface area (Å²) in [5.74, 6) is -2.61. The summed E-state index contributed by atoms with van der Waals surface area (Å²) in [6.45, 7) is 3.78. The number of carbonyl (C=O) groups excluding carboxylic acids is 2. The van der Waals surface area contributed by atoms with Crippen LogP contribution in [-0.4, -0.2) is 63.3 Å². The number of amides is 1. The molecule has 0 saturated heterocycles. The Kier molecular flexibility index (Phi) is 17.3. The number of carbonyl (C=O) groups is 3. The fourth-order valence-corrected chi connectivity index (χ4v) is 4.30. The van der Waals surface area contributed by atoms with Crippen LogP contribution in [-0.2, 0) is 33.6 Å². The van der Waals surface area contributed by atoms with Crippen molar-refractivity contribution in [2.24, 2.45) is 11.5 Å². The van der Waals surface area contributed by atoms with Gasteiger partial charge in [0.05, 0.1) is 17.9 Å². The number of aromatic nitrogens is 4. The minimum atomic E-state index is -5.08. The van der Waals surface area contributed by atoms with Crippen LogP contribution in [0.2, 0.25) is 0 Å². The van der Waals surface area contributed by atoms with Crippen molar-refractivity contribution in [2.45, 2.75) is 64.9 Å². The zero-order valence-corrected chi connectivity index (χ0v) is 27.4. The third-order valence-electron chi connectivity index (χ3n) is 5.90. The average molecular weight is 723 g/mol. The van der Waals surface area contributed by atoms with Gasteiger partial charge in [0.2, 0.25) is 11.0 Å². The number of aromatic amines is 1. The first kappa shape index (κ1) is 41.9. The van der Waals surface area contributed by atoms with Gasteiger partial charge in [-0.05, 0) is 63.0 Å². The van der Waals surface area contributed by atoms with E-state index in [0.717, 1.165) is 53.3 Å². The fraction of sp³-hybridized carbons (Fsp3) is 0.379. The van der Waals surface area contributed by atoms with Crippen LogP contribution in [0.15, 0.2) is 47.9 Å². The SMILES string of the molecule is CN/C(N)=C/C=C(\N)CCCCc1nnc(NC(=O)Cc2c(C)n[nH]c2C)s1.O=C(O)C(F)(F)F.O=CCc1cccc(OC(F)(F)F)c1. The van der Waals surface area contributed by atoms with Gasteiger partial charge in [0, 0.05) is 36.8 Å². The van der Waals surface area contributed by atoms with Gasteiger partial charge < -0.3 is 36.7 Å². The number of allylic oxidation sites excluding steroid dienone is 3. The Labute approximate surface area is 280 Å². The highest BCUT2D eigenvalue weighted by atomic mass is 32.1. The Bertz CT molecular complexity index is 1550. The first-order valence-corrected chi connectivity index (χ1v) is 15.0. The van der Waals surface area contributed by atoms with E-state index >= 15 is 0 Å². The topological polar surface area (TPSA) is 211 Å². The predicted octanol–water partition coefficient (Wildman–Crippen LogP) is 4.59. The van der Waals surface area contributed by atoms with Gasteiger partial charge in [-0.15, -0.1) is 23.4 Å². The number of nitrogens with two attached hydrogens (primary N) is 2. The standard InChI is InChI=1S/C18H28N8OS.C9H7F3O2.C2HF3O2/c1-11-14(12(2)24-23-11)10-16(27)22-18-26-25-17(28-18)7-5-4-6-13(19)8-9-15(20)21-3;10-9(11,12)14-8-3-1-2-7(6-8)4-5-13;3-2(4,5)1(6)7/h8-9,21H,4-7,10,19-20H2,1-3H3,(H,23,24)(H,22,26,27);1-3,5-6H,4H2;(H,6,7)/b13-8-,15-9+;;. The summed E-state index contributed by atoms with van der Waals surface area (Å²) in [7, 11) is 1.76. The molecule has 0 saturated carbocycles. The summed E-state index contributed by atoms with van der Waals surface area (Å²) in [6.07, 6.45) is -1.78. The Morgan fingerprint density at radius 2 is 1.76 bits per heavy atom. The van der Waals surface area contributed by atoms with Gasteiger partial charge in [0.25, 0.3) is 0 Å². The third-order valence-corrected chi connectivity index (χ3v) is 6.80. The number of H-pyrrole nitrogens is 1. The smallest absolute Gasteiger partial charge is 0.475 e. The molecule has 2 aromatic heterocycles. The second-order valence-electron chi connectivity index (χ2n) is 9.83. The number of aldehydes is 1. The summed E-state index contributed by atoms with van der Waals surface area (Å²) >= 11 is 1.40. The molecule has 0 fully saturated rings. The molecular weight excluding hydrogens is 686 g/mol. The van der Waals surface area contributed by atoms with E-state index in [4.69, 9.17) is 21.4 Å². The lowest BCUT2D eigenvalue weighted by Crippen LogP contribution is -2.21. The van der Waals surface area contributed by atoms with E-state index in [2.05, 4.69) is 35.8 Å². The van der Waals surface area contributed by atoms with Crippen molar-refractivity contribution in [3.8, 4) is 5.75 Å². The number of alkyl halides is 6. The number of aliphatic carboxylic acids is 1. The van der Waals surface area contributed by atoms with Crippen LogP contribution < -0.4 is 26.8 Å². The molecule has 1 amide bonds. The minimum Gasteiger partial charge on any atom is -0.475 e. The summed E-state index contributed by atoms with van der Waals surface area (Å²) in [6, 6.07) is 5.32. The molecule has 49 heavy (non-hydrogen) atoms. The van der Waals surface area contributed by atoms with Crippen molar-refractivity contribution in [1.29, 1.82) is 0 Å². The number of carboxylic acid groups (broad SMARTS) is 1. The molecule has 270 valence electrons. The van der Waals surface area contributed by atoms with Crippen LogP contribution in [0.4, 0.5) is 31.5 Å². The van der Waals surface area contributed by atoms with Gasteiger partial charge >= 0.3 is 18.5 Å². The molecule has 0 spiro atoms. The lowest BCUT2D eigenvalue weighted by molar-refractivity contribution is -0.274. The lowest BCUT2D eigenvalue weighted by Gasteiger charge is -2.08. The van der Waals surface area contributed by atoms with Crippen molar-refractivity contribution in [2.75, 3.05) is 12.4 Å². The van der Waals surface area contributed by atoms with Crippen LogP contribution in [0.1, 0.15) is 46.8 Å². The summed E-state index contributed by atoms with van der Waals surface area (Å²) in [4.78, 5) is 31.2. The normalized spacial score (nSPS) is 11.8. The van der Waals surface area contributed by atoms with Gasteiger partial charge in [-0.25, -0.2) is 4.79 Å². The Hall–Kier alpha value is -5.14. The lowest BCUT2D eigenvalue weighted by atomic mass is 10.1. The zero-order chi connectivity index (χ0) is 37.2. The van der Waals surface area contributed by atoms with Gasteiger partial charge in [0.15, 0.2) is 0 Å². The molecule has 0 bridgehead atoms. The summed E-state index contributed by atoms with van der Waals surface area (Å²) in [5, 5.41) is 29.4. The van der Waals surface area contributed by atoms with E-state index < -0.39 is 18.5 Å². The zero-order valence-electron chi connectivity index (χ0n) is 26.5. The maximum Gasteiger partial charge on any atom is 0.573 e. The van der Waals surface area contributed by atoms with Gasteiger partial charge in [-0.2, -0.15) is 18.3 Å². The first-order chi connectivity index (χ1) is 22.8. The van der Waals surface area contributed by atoms with Gasteiger partial charge in [0.1, 0.15) is 17.0 Å². The Balaban J connectivity index is 0.000000471. The molecule has 20 heteroatoms. The van der Waals surface area contributed by atoms with E-state index in [1.807, 2.05) is 19.9 Å². The number of nitrogens with zero attached hydrogens (tertiary/aromatic N) is 3. The van der Waals surface area contributed by atoms with Crippen LogP contribution in [0.5, 0.6) is 5.75 Å². The monoisotopic (exact) mass is 722 g/mol. The minimum absolute atomic E-state index is 0.0784. The Morgan fingerprint density at radius 3 is 2.31 bits per heavy atom. The quantitative estimate of drug-likeness (QED) is 0.0622. The fourth-order valence-electron chi connectivity index (χ4n) is 3.50. The molecule has 2 heterocycles. The van der Waals surface area contributed by atoms with Crippen LogP contribution >= 0.6 is 11.3 Å². The van der Waals surface area contributed by atoms with E-state index in [9.17, 15) is 35.9 Å². The predicted molar refractivity (Wildman–Crippen MR) is 168 cm³/mol. The largest absolute Gasteiger partial charge is 0.573 e. The molecule has 0 aliphatic carbocycles. The van der Waals surface area contributed by atoms with Crippen molar-refractivity contribution < 1.29 is 50.6 Å². The van der Waals surface area contributed by atoms with Gasteiger partial charge in [-0.1, -0.05) is 23.5 Å². The number of benzene rings is 1. The van der Waals surface area contributed by atoms with Crippen molar-refractivity contribution in [1.82, 2.24) is 25.7 Å². The van der Waals surface area contributed by atoms with E-state index in [-0.39, 0.29) is 24.5 Å². The maximum absolute atomic E-state index is 12.2. The molecular formula is C29H36F6N8O5S. The third kappa shape index (κ3) is 18.1. The number of carboxylic acids is 1. The number of hydrogen-bond donors (Lipinski definition) is 6. The van der Waals surface area contributed by atoms with E-state index in [1.54, 1.807) is 19.2 Å². The maximum atomic E-state index is 12.2. The first-order valence-electron chi connectivity index (χ1n) is 14.1. The highest BCUT2D eigenvalue weighted by molar-refractivity contribution is 7.15. The Morgan fingerprint density at radius 1 is 1.08 bits per heavy atom. The number of unbranched alkanes of at least 4 members (excludes halogenated alkanes) is 1. The van der Waals surface area contributed by atoms with Crippen molar-refractivity contribution >= 4 is 34.6 Å². The molecule has 3 aromatic rings. The number of anilines is 1. The number of ether oxygens (including phenoxy) is 1. The van der Waals surface area contributed by atoms with Crippen LogP contribution in [0.3, 0.4) is 0 Å². The molecule has 1 aromatic carbocycles. The molecule has 8 N–H and O–H groups in total. The molecule has 0 radical (unpaired) electrons. The number of rotatable bonds is 13. The van der Waals surface area contributed by atoms with E-state index in [0.29, 0.717) is 22.8 Å². The second kappa shape index (κ2) is 20.3. The van der Waals surface area contributed by atoms with Crippen molar-refractivity contribution in [3.63, 3.8) is 0 Å². The summed E-state index contributed by atoms with van der Waals surface area (Å²) in [5.41, 5.74) is 15.5. The molecule has 0 aliphatic rings. The molecule has 3 rings (SSSR count). The average Bonchev–Trinajstić information content (AvgIpc) is 3.58. The highest BCUT2D eigenvalue weighted by Gasteiger charge is 2.38. The number of aryl methyl sites for hydroxylation is 3. The van der Waals surface area contributed by atoms with Crippen molar-refractivity contribution in [3.05, 3.63) is 75.5 Å². The summed E-state index contributed by atoms with van der Waals surface area (Å²) < 4.78 is 70.7. The molecule has 0 atom stereocenters. The number of halogens is 6. The molecule has 0 aliphatic heterocycles. The number of hydrogen-bond acceptors (Lipinski definition) is 11. The van der Waals surface area contributed by atoms with E-state index in [1.165, 1.54) is 29.5 Å². The second-order valence-corrected chi connectivity index (χ2v) is 10.9. The molecule has 0 unspecified atom stereocenters. The van der Waals surface area contributed by atoms with Gasteiger partial charge in [-0.3, -0.25) is 9.89 Å².